The van der Waals surface area contributed by atoms with Crippen LogP contribution >= 0.6 is 27.5 Å². The first kappa shape index (κ1) is 26.2. The summed E-state index contributed by atoms with van der Waals surface area (Å²) in [6.45, 7) is 10.8. The molecule has 0 saturated carbocycles. The summed E-state index contributed by atoms with van der Waals surface area (Å²) in [4.78, 5) is 27.4. The molecule has 2 aromatic rings. The number of ether oxygens (including phenoxy) is 1. The van der Waals surface area contributed by atoms with E-state index in [2.05, 4.69) is 42.0 Å². The topological polar surface area (TPSA) is 58.6 Å². The summed E-state index contributed by atoms with van der Waals surface area (Å²) in [6, 6.07) is 12.5. The minimum Gasteiger partial charge on any atom is -0.483 e. The van der Waals surface area contributed by atoms with Crippen molar-refractivity contribution >= 4 is 39.3 Å². The molecule has 0 unspecified atom stereocenters. The molecule has 0 bridgehead atoms. The predicted molar refractivity (Wildman–Crippen MR) is 133 cm³/mol. The van der Waals surface area contributed by atoms with E-state index in [-0.39, 0.29) is 23.8 Å². The van der Waals surface area contributed by atoms with Gasteiger partial charge in [-0.3, -0.25) is 9.59 Å². The van der Waals surface area contributed by atoms with Crippen LogP contribution < -0.4 is 10.1 Å². The van der Waals surface area contributed by atoms with Gasteiger partial charge >= 0.3 is 0 Å². The summed E-state index contributed by atoms with van der Waals surface area (Å²) in [7, 11) is 0. The SMILES string of the molecule is CCNC(=O)[C@@H](CC)N(Cc1ccc(Cl)cc1)C(=O)COc1ccc(C(C)(C)C)cc1Br. The van der Waals surface area contributed by atoms with E-state index in [0.717, 1.165) is 15.6 Å². The number of hydrogen-bond donors (Lipinski definition) is 1. The van der Waals surface area contributed by atoms with Gasteiger partial charge in [0.25, 0.3) is 5.91 Å². The lowest BCUT2D eigenvalue weighted by atomic mass is 9.87. The largest absolute Gasteiger partial charge is 0.483 e. The number of halogens is 2. The summed E-state index contributed by atoms with van der Waals surface area (Å²) in [5, 5.41) is 3.45. The van der Waals surface area contributed by atoms with E-state index in [9.17, 15) is 9.59 Å². The van der Waals surface area contributed by atoms with Crippen molar-refractivity contribution in [2.24, 2.45) is 0 Å². The molecule has 0 saturated heterocycles. The number of nitrogens with one attached hydrogen (secondary N) is 1. The van der Waals surface area contributed by atoms with Gasteiger partial charge in [-0.05, 0) is 70.1 Å². The Hall–Kier alpha value is -2.05. The molecule has 32 heavy (non-hydrogen) atoms. The Bertz CT molecular complexity index is 926. The van der Waals surface area contributed by atoms with E-state index >= 15 is 0 Å². The molecule has 2 rings (SSSR count). The van der Waals surface area contributed by atoms with Crippen LogP contribution in [0.4, 0.5) is 0 Å². The number of hydrogen-bond acceptors (Lipinski definition) is 3. The third-order valence-electron chi connectivity index (χ3n) is 5.15. The highest BCUT2D eigenvalue weighted by Gasteiger charge is 2.29. The van der Waals surface area contributed by atoms with Crippen LogP contribution in [0.1, 0.15) is 52.2 Å². The van der Waals surface area contributed by atoms with Crippen LogP contribution in [0, 0.1) is 0 Å². The van der Waals surface area contributed by atoms with E-state index < -0.39 is 6.04 Å². The first-order valence-electron chi connectivity index (χ1n) is 10.8. The van der Waals surface area contributed by atoms with E-state index in [1.807, 2.05) is 44.2 Å². The molecule has 2 amide bonds. The van der Waals surface area contributed by atoms with E-state index in [1.54, 1.807) is 17.0 Å². The summed E-state index contributed by atoms with van der Waals surface area (Å²) >= 11 is 9.54. The molecule has 5 nitrogen and oxygen atoms in total. The minimum absolute atomic E-state index is 0.00718. The molecule has 0 aliphatic heterocycles. The lowest BCUT2D eigenvalue weighted by molar-refractivity contribution is -0.142. The van der Waals surface area contributed by atoms with Gasteiger partial charge in [-0.1, -0.05) is 57.5 Å². The summed E-state index contributed by atoms with van der Waals surface area (Å²) in [5.74, 6) is 0.154. The average Bonchev–Trinajstić information content (AvgIpc) is 2.73. The third-order valence-corrected chi connectivity index (χ3v) is 6.02. The van der Waals surface area contributed by atoms with Gasteiger partial charge in [-0.2, -0.15) is 0 Å². The highest BCUT2D eigenvalue weighted by atomic mass is 79.9. The van der Waals surface area contributed by atoms with Gasteiger partial charge in [0.1, 0.15) is 11.8 Å². The van der Waals surface area contributed by atoms with Crippen molar-refractivity contribution in [1.29, 1.82) is 0 Å². The van der Waals surface area contributed by atoms with Crippen molar-refractivity contribution in [1.82, 2.24) is 10.2 Å². The molecule has 1 N–H and O–H groups in total. The number of benzene rings is 2. The Balaban J connectivity index is 2.21. The molecule has 0 radical (unpaired) electrons. The van der Waals surface area contributed by atoms with Gasteiger partial charge in [-0.25, -0.2) is 0 Å². The first-order chi connectivity index (χ1) is 15.1. The Morgan fingerprint density at radius 1 is 1.12 bits per heavy atom. The molecule has 2 aromatic carbocycles. The normalized spacial score (nSPS) is 12.2. The molecular formula is C25H32BrClN2O3. The van der Waals surface area contributed by atoms with Crippen LogP contribution in [-0.2, 0) is 21.5 Å². The molecule has 0 aliphatic carbocycles. The van der Waals surface area contributed by atoms with Gasteiger partial charge in [-0.15, -0.1) is 0 Å². The lowest BCUT2D eigenvalue weighted by Crippen LogP contribution is -2.50. The Kier molecular flexibility index (Phi) is 9.59. The second kappa shape index (κ2) is 11.7. The molecule has 1 atom stereocenters. The highest BCUT2D eigenvalue weighted by molar-refractivity contribution is 9.10. The number of nitrogens with zero attached hydrogens (tertiary/aromatic N) is 1. The lowest BCUT2D eigenvalue weighted by Gasteiger charge is -2.30. The molecule has 0 aromatic heterocycles. The maximum Gasteiger partial charge on any atom is 0.261 e. The average molecular weight is 524 g/mol. The zero-order valence-electron chi connectivity index (χ0n) is 19.4. The summed E-state index contributed by atoms with van der Waals surface area (Å²) in [5.41, 5.74) is 2.06. The van der Waals surface area contributed by atoms with Gasteiger partial charge in [0.05, 0.1) is 4.47 Å². The fourth-order valence-corrected chi connectivity index (χ4v) is 3.92. The number of amides is 2. The van der Waals surface area contributed by atoms with Crippen LogP contribution in [0.3, 0.4) is 0 Å². The molecule has 0 heterocycles. The van der Waals surface area contributed by atoms with Crippen molar-refractivity contribution in [2.75, 3.05) is 13.2 Å². The van der Waals surface area contributed by atoms with Gasteiger partial charge in [0.2, 0.25) is 5.91 Å². The van der Waals surface area contributed by atoms with Crippen molar-refractivity contribution in [3.8, 4) is 5.75 Å². The first-order valence-corrected chi connectivity index (χ1v) is 12.0. The maximum atomic E-state index is 13.2. The Morgan fingerprint density at radius 2 is 1.78 bits per heavy atom. The van der Waals surface area contributed by atoms with Crippen LogP contribution in [0.15, 0.2) is 46.9 Å². The monoisotopic (exact) mass is 522 g/mol. The number of likely N-dealkylation sites (N-methyl/N-ethyl adjacent to an activating group) is 1. The van der Waals surface area contributed by atoms with Crippen molar-refractivity contribution in [3.63, 3.8) is 0 Å². The predicted octanol–water partition coefficient (Wildman–Crippen LogP) is 5.72. The number of rotatable bonds is 9. The number of carbonyl (C=O) groups is 2. The van der Waals surface area contributed by atoms with E-state index in [0.29, 0.717) is 30.3 Å². The second-order valence-electron chi connectivity index (χ2n) is 8.65. The van der Waals surface area contributed by atoms with Crippen LogP contribution in [0.5, 0.6) is 5.75 Å². The fraction of sp³-hybridized carbons (Fsp3) is 0.440. The van der Waals surface area contributed by atoms with Crippen LogP contribution in [-0.4, -0.2) is 35.9 Å². The minimum atomic E-state index is -0.589. The van der Waals surface area contributed by atoms with Gasteiger partial charge < -0.3 is 15.0 Å². The summed E-state index contributed by atoms with van der Waals surface area (Å²) in [6.07, 6.45) is 0.495. The summed E-state index contributed by atoms with van der Waals surface area (Å²) < 4.78 is 6.64. The molecule has 0 aliphatic rings. The Morgan fingerprint density at radius 3 is 2.31 bits per heavy atom. The molecule has 0 fully saturated rings. The van der Waals surface area contributed by atoms with Gasteiger partial charge in [0.15, 0.2) is 6.61 Å². The van der Waals surface area contributed by atoms with Crippen molar-refractivity contribution in [3.05, 3.63) is 63.1 Å². The van der Waals surface area contributed by atoms with Crippen molar-refractivity contribution < 1.29 is 14.3 Å². The quantitative estimate of drug-likeness (QED) is 0.457. The third kappa shape index (κ3) is 7.24. The zero-order valence-corrected chi connectivity index (χ0v) is 21.7. The maximum absolute atomic E-state index is 13.2. The second-order valence-corrected chi connectivity index (χ2v) is 9.94. The van der Waals surface area contributed by atoms with E-state index in [1.165, 1.54) is 0 Å². The molecule has 174 valence electrons. The van der Waals surface area contributed by atoms with Crippen molar-refractivity contribution in [2.45, 2.75) is 59.0 Å². The molecular weight excluding hydrogens is 492 g/mol. The standard InChI is InChI=1S/C25H32BrClN2O3/c1-6-21(24(31)28-7-2)29(15-17-8-11-19(27)12-9-17)23(30)16-32-22-13-10-18(14-20(22)26)25(3,4)5/h8-14,21H,6-7,15-16H2,1-5H3,(H,28,31)/t21-/m1/s1. The molecule has 0 spiro atoms. The van der Waals surface area contributed by atoms with Crippen LogP contribution in [0.25, 0.3) is 0 Å². The number of carbonyl (C=O) groups excluding carboxylic acids is 2. The molecule has 7 heteroatoms. The fourth-order valence-electron chi connectivity index (χ4n) is 3.30. The van der Waals surface area contributed by atoms with Crippen LogP contribution in [0.2, 0.25) is 5.02 Å². The Labute approximate surface area is 204 Å². The zero-order chi connectivity index (χ0) is 23.9. The van der Waals surface area contributed by atoms with Gasteiger partial charge in [0, 0.05) is 18.1 Å². The van der Waals surface area contributed by atoms with E-state index in [4.69, 9.17) is 16.3 Å². The highest BCUT2D eigenvalue weighted by Crippen LogP contribution is 2.31. The smallest absolute Gasteiger partial charge is 0.261 e.